The molecular formula is C16H25NO3. The van der Waals surface area contributed by atoms with Crippen LogP contribution in [0.3, 0.4) is 0 Å². The number of aryl methyl sites for hydroxylation is 1. The van der Waals surface area contributed by atoms with E-state index in [9.17, 15) is 4.79 Å². The lowest BCUT2D eigenvalue weighted by atomic mass is 9.91. The summed E-state index contributed by atoms with van der Waals surface area (Å²) in [6, 6.07) is 8.01. The fraction of sp³-hybridized carbons (Fsp3) is 0.562. The quantitative estimate of drug-likeness (QED) is 0.729. The number of nitrogens with two attached hydrogens (primary N) is 1. The van der Waals surface area contributed by atoms with Crippen LogP contribution in [-0.2, 0) is 11.2 Å². The molecule has 0 spiro atoms. The molecule has 2 atom stereocenters. The Hall–Kier alpha value is -1.55. The summed E-state index contributed by atoms with van der Waals surface area (Å²) in [4.78, 5) is 10.9. The van der Waals surface area contributed by atoms with Gasteiger partial charge < -0.3 is 15.6 Å². The van der Waals surface area contributed by atoms with Crippen molar-refractivity contribution in [3.8, 4) is 5.75 Å². The Labute approximate surface area is 120 Å². The van der Waals surface area contributed by atoms with Crippen LogP contribution in [0, 0.1) is 11.8 Å². The zero-order valence-electron chi connectivity index (χ0n) is 12.3. The zero-order valence-corrected chi connectivity index (χ0v) is 12.3. The number of aliphatic carboxylic acids is 1. The lowest BCUT2D eigenvalue weighted by Crippen LogP contribution is -2.25. The van der Waals surface area contributed by atoms with E-state index in [0.29, 0.717) is 12.3 Å². The van der Waals surface area contributed by atoms with Crippen molar-refractivity contribution in [2.75, 3.05) is 13.7 Å². The lowest BCUT2D eigenvalue weighted by molar-refractivity contribution is -0.141. The molecule has 0 bridgehead atoms. The molecule has 1 rings (SSSR count). The molecule has 0 radical (unpaired) electrons. The van der Waals surface area contributed by atoms with Gasteiger partial charge in [0.1, 0.15) is 5.75 Å². The molecule has 4 nitrogen and oxygen atoms in total. The van der Waals surface area contributed by atoms with E-state index in [1.54, 1.807) is 7.11 Å². The van der Waals surface area contributed by atoms with Gasteiger partial charge in [-0.2, -0.15) is 0 Å². The Bertz CT molecular complexity index is 420. The summed E-state index contributed by atoms with van der Waals surface area (Å²) in [7, 11) is 1.68. The molecule has 20 heavy (non-hydrogen) atoms. The summed E-state index contributed by atoms with van der Waals surface area (Å²) < 4.78 is 5.32. The van der Waals surface area contributed by atoms with Crippen molar-refractivity contribution in [1.29, 1.82) is 0 Å². The molecule has 1 aromatic rings. The van der Waals surface area contributed by atoms with E-state index in [1.807, 2.05) is 18.2 Å². The van der Waals surface area contributed by atoms with Gasteiger partial charge in [0.05, 0.1) is 13.0 Å². The minimum absolute atomic E-state index is 0.214. The van der Waals surface area contributed by atoms with Crippen LogP contribution in [0.1, 0.15) is 31.7 Å². The number of carbonyl (C=O) groups is 1. The predicted octanol–water partition coefficient (Wildman–Crippen LogP) is 2.70. The van der Waals surface area contributed by atoms with Gasteiger partial charge in [-0.1, -0.05) is 31.5 Å². The van der Waals surface area contributed by atoms with Crippen molar-refractivity contribution in [3.63, 3.8) is 0 Å². The third kappa shape index (κ3) is 5.21. The highest BCUT2D eigenvalue weighted by atomic mass is 16.5. The summed E-state index contributed by atoms with van der Waals surface area (Å²) in [6.07, 6.45) is 3.63. The summed E-state index contributed by atoms with van der Waals surface area (Å²) in [5.74, 6) is 0.0835. The molecule has 2 unspecified atom stereocenters. The normalized spacial score (nSPS) is 13.8. The molecule has 0 aliphatic heterocycles. The molecule has 0 aliphatic carbocycles. The van der Waals surface area contributed by atoms with E-state index in [1.165, 1.54) is 5.56 Å². The second-order valence-electron chi connectivity index (χ2n) is 5.32. The van der Waals surface area contributed by atoms with Gasteiger partial charge in [-0.05, 0) is 36.8 Å². The van der Waals surface area contributed by atoms with Crippen LogP contribution in [0.2, 0.25) is 0 Å². The SMILES string of the molecule is COc1ccccc1CCCC(C)CC(CN)C(=O)O. The molecule has 4 heteroatoms. The number of carboxylic acid groups (broad SMARTS) is 1. The maximum Gasteiger partial charge on any atom is 0.307 e. The lowest BCUT2D eigenvalue weighted by Gasteiger charge is -2.16. The molecule has 0 fully saturated rings. The van der Waals surface area contributed by atoms with Crippen molar-refractivity contribution < 1.29 is 14.6 Å². The van der Waals surface area contributed by atoms with Gasteiger partial charge in [0.25, 0.3) is 0 Å². The molecule has 3 N–H and O–H groups in total. The number of methoxy groups -OCH3 is 1. The summed E-state index contributed by atoms with van der Waals surface area (Å²) in [6.45, 7) is 2.31. The van der Waals surface area contributed by atoms with Crippen LogP contribution in [0.25, 0.3) is 0 Å². The maximum atomic E-state index is 10.9. The van der Waals surface area contributed by atoms with Crippen LogP contribution in [0.5, 0.6) is 5.75 Å². The monoisotopic (exact) mass is 279 g/mol. The van der Waals surface area contributed by atoms with Crippen LogP contribution < -0.4 is 10.5 Å². The van der Waals surface area contributed by atoms with Gasteiger partial charge in [-0.25, -0.2) is 0 Å². The van der Waals surface area contributed by atoms with E-state index in [2.05, 4.69) is 13.0 Å². The van der Waals surface area contributed by atoms with Crippen molar-refractivity contribution in [2.45, 2.75) is 32.6 Å². The second kappa shape index (κ2) is 8.59. The minimum atomic E-state index is -0.788. The Kier molecular flexibility index (Phi) is 7.09. The molecular weight excluding hydrogens is 254 g/mol. The van der Waals surface area contributed by atoms with Gasteiger partial charge in [0.15, 0.2) is 0 Å². The first-order valence-electron chi connectivity index (χ1n) is 7.13. The van der Waals surface area contributed by atoms with Crippen molar-refractivity contribution >= 4 is 5.97 Å². The number of para-hydroxylation sites is 1. The Morgan fingerprint density at radius 2 is 2.10 bits per heavy atom. The van der Waals surface area contributed by atoms with Crippen molar-refractivity contribution in [1.82, 2.24) is 0 Å². The summed E-state index contributed by atoms with van der Waals surface area (Å²) >= 11 is 0. The molecule has 0 aliphatic rings. The first-order chi connectivity index (χ1) is 9.58. The Morgan fingerprint density at radius 3 is 2.70 bits per heavy atom. The predicted molar refractivity (Wildman–Crippen MR) is 79.9 cm³/mol. The van der Waals surface area contributed by atoms with Gasteiger partial charge in [0, 0.05) is 6.54 Å². The molecule has 1 aromatic carbocycles. The van der Waals surface area contributed by atoms with E-state index in [4.69, 9.17) is 15.6 Å². The second-order valence-corrected chi connectivity index (χ2v) is 5.32. The first kappa shape index (κ1) is 16.5. The molecule has 0 heterocycles. The van der Waals surface area contributed by atoms with E-state index < -0.39 is 11.9 Å². The largest absolute Gasteiger partial charge is 0.496 e. The van der Waals surface area contributed by atoms with Gasteiger partial charge in [-0.15, -0.1) is 0 Å². The standard InChI is InChI=1S/C16H25NO3/c1-12(10-14(11-17)16(18)19)6-5-8-13-7-3-4-9-15(13)20-2/h3-4,7,9,12,14H,5-6,8,10-11,17H2,1-2H3,(H,18,19). The number of ether oxygens (including phenoxy) is 1. The summed E-state index contributed by atoms with van der Waals surface area (Å²) in [5.41, 5.74) is 6.69. The number of carboxylic acids is 1. The minimum Gasteiger partial charge on any atom is -0.496 e. The molecule has 0 amide bonds. The highest BCUT2D eigenvalue weighted by molar-refractivity contribution is 5.70. The maximum absolute atomic E-state index is 10.9. The topological polar surface area (TPSA) is 72.5 Å². The van der Waals surface area contributed by atoms with E-state index in [0.717, 1.165) is 25.0 Å². The molecule has 0 saturated carbocycles. The average molecular weight is 279 g/mol. The number of hydrogen-bond donors (Lipinski definition) is 2. The number of benzene rings is 1. The van der Waals surface area contributed by atoms with Crippen molar-refractivity contribution in [2.24, 2.45) is 17.6 Å². The Morgan fingerprint density at radius 1 is 1.40 bits per heavy atom. The van der Waals surface area contributed by atoms with Crippen LogP contribution >= 0.6 is 0 Å². The van der Waals surface area contributed by atoms with E-state index in [-0.39, 0.29) is 6.54 Å². The van der Waals surface area contributed by atoms with Gasteiger partial charge in [-0.3, -0.25) is 4.79 Å². The van der Waals surface area contributed by atoms with Crippen molar-refractivity contribution in [3.05, 3.63) is 29.8 Å². The van der Waals surface area contributed by atoms with Crippen LogP contribution in [0.15, 0.2) is 24.3 Å². The smallest absolute Gasteiger partial charge is 0.307 e. The fourth-order valence-corrected chi connectivity index (χ4v) is 2.45. The first-order valence-corrected chi connectivity index (χ1v) is 7.13. The number of rotatable bonds is 9. The third-order valence-electron chi connectivity index (χ3n) is 3.66. The highest BCUT2D eigenvalue weighted by Crippen LogP contribution is 2.22. The third-order valence-corrected chi connectivity index (χ3v) is 3.66. The van der Waals surface area contributed by atoms with Gasteiger partial charge in [0.2, 0.25) is 0 Å². The average Bonchev–Trinajstić information content (AvgIpc) is 2.45. The molecule has 112 valence electrons. The number of hydrogen-bond acceptors (Lipinski definition) is 3. The zero-order chi connectivity index (χ0) is 15.0. The van der Waals surface area contributed by atoms with Gasteiger partial charge >= 0.3 is 5.97 Å². The molecule has 0 saturated heterocycles. The fourth-order valence-electron chi connectivity index (χ4n) is 2.45. The summed E-state index contributed by atoms with van der Waals surface area (Å²) in [5, 5.41) is 9.00. The van der Waals surface area contributed by atoms with Crippen LogP contribution in [0.4, 0.5) is 0 Å². The Balaban J connectivity index is 2.38. The highest BCUT2D eigenvalue weighted by Gasteiger charge is 2.18. The van der Waals surface area contributed by atoms with E-state index >= 15 is 0 Å². The van der Waals surface area contributed by atoms with Crippen LogP contribution in [-0.4, -0.2) is 24.7 Å². The molecule has 0 aromatic heterocycles.